The summed E-state index contributed by atoms with van der Waals surface area (Å²) in [5.41, 5.74) is 7.81. The van der Waals surface area contributed by atoms with Crippen molar-refractivity contribution in [3.63, 3.8) is 0 Å². The topological polar surface area (TPSA) is 70.2 Å². The molecule has 3 aromatic heterocycles. The molecule has 1 aliphatic heterocycles. The van der Waals surface area contributed by atoms with Gasteiger partial charge in [-0.05, 0) is 50.3 Å². The van der Waals surface area contributed by atoms with Crippen molar-refractivity contribution < 1.29 is 4.74 Å². The molecular weight excluding hydrogens is 400 g/mol. The molecule has 32 heavy (non-hydrogen) atoms. The van der Waals surface area contributed by atoms with Gasteiger partial charge >= 0.3 is 0 Å². The second-order valence-corrected chi connectivity index (χ2v) is 8.56. The van der Waals surface area contributed by atoms with E-state index in [1.807, 2.05) is 30.6 Å². The van der Waals surface area contributed by atoms with Crippen LogP contribution in [0.5, 0.6) is 0 Å². The van der Waals surface area contributed by atoms with Crippen LogP contribution in [0.3, 0.4) is 0 Å². The minimum absolute atomic E-state index is 0.571. The molecule has 5 rings (SSSR count). The number of pyridine rings is 2. The maximum Gasteiger partial charge on any atom is 0.101 e. The summed E-state index contributed by atoms with van der Waals surface area (Å²) in [5, 5.41) is 7.53. The van der Waals surface area contributed by atoms with E-state index >= 15 is 0 Å². The summed E-state index contributed by atoms with van der Waals surface area (Å²) >= 11 is 0. The Kier molecular flexibility index (Phi) is 5.59. The highest BCUT2D eigenvalue weighted by molar-refractivity contribution is 5.84. The summed E-state index contributed by atoms with van der Waals surface area (Å²) in [4.78, 5) is 14.3. The van der Waals surface area contributed by atoms with Crippen molar-refractivity contribution >= 4 is 16.7 Å². The van der Waals surface area contributed by atoms with Crippen molar-refractivity contribution in [2.24, 2.45) is 0 Å². The molecule has 1 saturated heterocycles. The minimum atomic E-state index is 0.571. The highest BCUT2D eigenvalue weighted by atomic mass is 16.5. The first-order valence-corrected chi connectivity index (χ1v) is 10.9. The quantitative estimate of drug-likeness (QED) is 0.501. The van der Waals surface area contributed by atoms with Gasteiger partial charge in [-0.1, -0.05) is 18.2 Å². The van der Waals surface area contributed by atoms with E-state index in [1.54, 1.807) is 7.11 Å². The molecule has 1 aromatic carbocycles. The molecule has 0 radical (unpaired) electrons. The average molecular weight is 429 g/mol. The summed E-state index contributed by atoms with van der Waals surface area (Å²) in [6, 6.07) is 15.0. The van der Waals surface area contributed by atoms with E-state index in [2.05, 4.69) is 63.3 Å². The van der Waals surface area contributed by atoms with Crippen molar-refractivity contribution in [3.05, 3.63) is 60.4 Å². The fraction of sp³-hybridized carbons (Fsp3) is 0.320. The zero-order chi connectivity index (χ0) is 22.1. The zero-order valence-electron chi connectivity index (χ0n) is 18.7. The molecule has 4 aromatic rings. The third kappa shape index (κ3) is 3.97. The molecule has 1 fully saturated rings. The van der Waals surface area contributed by atoms with Gasteiger partial charge in [-0.25, -0.2) is 4.98 Å². The first kappa shape index (κ1) is 20.6. The molecule has 0 bridgehead atoms. The molecule has 0 amide bonds. The number of aromatic nitrogens is 4. The molecule has 164 valence electrons. The number of methoxy groups -OCH3 is 1. The van der Waals surface area contributed by atoms with Crippen LogP contribution in [0.15, 0.2) is 54.9 Å². The number of anilines is 1. The van der Waals surface area contributed by atoms with Gasteiger partial charge in [-0.2, -0.15) is 5.10 Å². The maximum absolute atomic E-state index is 5.28. The van der Waals surface area contributed by atoms with Gasteiger partial charge in [-0.15, -0.1) is 0 Å². The normalized spacial score (nSPS) is 16.4. The standard InChI is InChI=1S/C25H28N6O/c1-30(2)19-9-10-31(15-19)20-12-24-23(26-13-20)8-7-22(28-24)21-14-27-29-25(21)18-6-4-5-17(11-18)16-32-3/h4-8,11-14,19H,9-10,15-16H2,1-3H3,(H,27,29)/t19-/m0/s1. The second kappa shape index (κ2) is 8.68. The SMILES string of the molecule is COCc1cccc(-c2n[nH]cc2-c2ccc3ncc(N4CC[C@H](N(C)C)C4)cc3n2)c1. The van der Waals surface area contributed by atoms with Crippen molar-refractivity contribution in [1.29, 1.82) is 0 Å². The van der Waals surface area contributed by atoms with Gasteiger partial charge in [0.1, 0.15) is 5.69 Å². The van der Waals surface area contributed by atoms with Gasteiger partial charge in [0, 0.05) is 43.6 Å². The van der Waals surface area contributed by atoms with E-state index in [-0.39, 0.29) is 0 Å². The maximum atomic E-state index is 5.28. The van der Waals surface area contributed by atoms with Crippen LogP contribution in [0.1, 0.15) is 12.0 Å². The Morgan fingerprint density at radius 3 is 2.88 bits per heavy atom. The lowest BCUT2D eigenvalue weighted by Gasteiger charge is -2.21. The lowest BCUT2D eigenvalue weighted by atomic mass is 10.0. The van der Waals surface area contributed by atoms with Crippen molar-refractivity contribution in [3.8, 4) is 22.5 Å². The molecule has 7 nitrogen and oxygen atoms in total. The second-order valence-electron chi connectivity index (χ2n) is 8.56. The summed E-state index contributed by atoms with van der Waals surface area (Å²) < 4.78 is 5.28. The van der Waals surface area contributed by atoms with Crippen LogP contribution in [0, 0.1) is 0 Å². The molecule has 1 atom stereocenters. The third-order valence-corrected chi connectivity index (χ3v) is 6.21. The van der Waals surface area contributed by atoms with E-state index in [9.17, 15) is 0 Å². The van der Waals surface area contributed by atoms with Crippen molar-refractivity contribution in [2.75, 3.05) is 39.2 Å². The Morgan fingerprint density at radius 2 is 2.06 bits per heavy atom. The number of rotatable bonds is 6. The molecule has 0 unspecified atom stereocenters. The number of aromatic amines is 1. The van der Waals surface area contributed by atoms with E-state index < -0.39 is 0 Å². The fourth-order valence-corrected chi connectivity index (χ4v) is 4.40. The lowest BCUT2D eigenvalue weighted by molar-refractivity contribution is 0.185. The first-order valence-electron chi connectivity index (χ1n) is 10.9. The molecule has 1 aliphatic rings. The summed E-state index contributed by atoms with van der Waals surface area (Å²) in [6.07, 6.45) is 5.04. The van der Waals surface area contributed by atoms with E-state index in [0.717, 1.165) is 57.9 Å². The largest absolute Gasteiger partial charge is 0.380 e. The number of benzene rings is 1. The highest BCUT2D eigenvalue weighted by Crippen LogP contribution is 2.31. The van der Waals surface area contributed by atoms with Crippen LogP contribution in [-0.4, -0.2) is 65.4 Å². The number of fused-ring (bicyclic) bond motifs is 1. The molecule has 0 spiro atoms. The Morgan fingerprint density at radius 1 is 1.16 bits per heavy atom. The summed E-state index contributed by atoms with van der Waals surface area (Å²) in [7, 11) is 6.00. The van der Waals surface area contributed by atoms with Gasteiger partial charge in [0.05, 0.1) is 35.2 Å². The number of hydrogen-bond acceptors (Lipinski definition) is 6. The molecule has 1 N–H and O–H groups in total. The van der Waals surface area contributed by atoms with Gasteiger partial charge in [0.15, 0.2) is 0 Å². The Hall–Kier alpha value is -3.29. The van der Waals surface area contributed by atoms with Crippen LogP contribution < -0.4 is 4.90 Å². The molecule has 0 saturated carbocycles. The zero-order valence-corrected chi connectivity index (χ0v) is 18.7. The molecule has 4 heterocycles. The van der Waals surface area contributed by atoms with Gasteiger partial charge in [0.2, 0.25) is 0 Å². The Bertz CT molecular complexity index is 1230. The lowest BCUT2D eigenvalue weighted by Crippen LogP contribution is -2.31. The summed E-state index contributed by atoms with van der Waals surface area (Å²) in [5.74, 6) is 0. The van der Waals surface area contributed by atoms with Crippen LogP contribution in [0.25, 0.3) is 33.5 Å². The predicted octanol–water partition coefficient (Wildman–Crippen LogP) is 3.97. The number of likely N-dealkylation sites (N-methyl/N-ethyl adjacent to an activating group) is 1. The van der Waals surface area contributed by atoms with E-state index in [0.29, 0.717) is 12.6 Å². The molecule has 0 aliphatic carbocycles. The van der Waals surface area contributed by atoms with Gasteiger partial charge in [0.25, 0.3) is 0 Å². The number of nitrogens with zero attached hydrogens (tertiary/aromatic N) is 5. The predicted molar refractivity (Wildman–Crippen MR) is 128 cm³/mol. The molecular formula is C25H28N6O. The number of nitrogens with one attached hydrogen (secondary N) is 1. The first-order chi connectivity index (χ1) is 15.6. The monoisotopic (exact) mass is 428 g/mol. The van der Waals surface area contributed by atoms with Gasteiger partial charge < -0.3 is 14.5 Å². The third-order valence-electron chi connectivity index (χ3n) is 6.21. The van der Waals surface area contributed by atoms with Crippen LogP contribution in [0.2, 0.25) is 0 Å². The van der Waals surface area contributed by atoms with E-state index in [4.69, 9.17) is 9.72 Å². The highest BCUT2D eigenvalue weighted by Gasteiger charge is 2.24. The van der Waals surface area contributed by atoms with Crippen LogP contribution >= 0.6 is 0 Å². The van der Waals surface area contributed by atoms with Crippen LogP contribution in [0.4, 0.5) is 5.69 Å². The fourth-order valence-electron chi connectivity index (χ4n) is 4.40. The van der Waals surface area contributed by atoms with Crippen LogP contribution in [-0.2, 0) is 11.3 Å². The minimum Gasteiger partial charge on any atom is -0.380 e. The summed E-state index contributed by atoms with van der Waals surface area (Å²) in [6.45, 7) is 2.63. The van der Waals surface area contributed by atoms with Gasteiger partial charge in [-0.3, -0.25) is 10.1 Å². The van der Waals surface area contributed by atoms with Crippen molar-refractivity contribution in [1.82, 2.24) is 25.1 Å². The average Bonchev–Trinajstić information content (AvgIpc) is 3.49. The number of hydrogen-bond donors (Lipinski definition) is 1. The number of ether oxygens (including phenoxy) is 1. The van der Waals surface area contributed by atoms with E-state index in [1.165, 1.54) is 6.42 Å². The Balaban J connectivity index is 1.48. The Labute approximate surface area is 188 Å². The molecule has 7 heteroatoms. The number of H-pyrrole nitrogens is 1. The van der Waals surface area contributed by atoms with Crippen molar-refractivity contribution in [2.45, 2.75) is 19.1 Å². The smallest absolute Gasteiger partial charge is 0.101 e.